The summed E-state index contributed by atoms with van der Waals surface area (Å²) in [7, 11) is 6.43. The molecular formula is C103H116BrCl4F6N11O7S3. The molecule has 5 amide bonds. The van der Waals surface area contributed by atoms with Crippen LogP contribution in [0, 0.1) is 5.92 Å². The van der Waals surface area contributed by atoms with E-state index in [0.717, 1.165) is 156 Å². The average molecular weight is 2050 g/mol. The van der Waals surface area contributed by atoms with E-state index < -0.39 is 55.4 Å². The third-order valence-electron chi connectivity index (χ3n) is 26.8. The molecule has 9 heterocycles. The molecule has 10 aromatic rings. The van der Waals surface area contributed by atoms with Crippen molar-refractivity contribution in [2.45, 2.75) is 193 Å². The number of carbonyl (C=O) groups is 5. The second kappa shape index (κ2) is 48.3. The van der Waals surface area contributed by atoms with Gasteiger partial charge in [0, 0.05) is 53.3 Å². The van der Waals surface area contributed by atoms with Crippen molar-refractivity contribution in [1.29, 1.82) is 0 Å². The largest absolute Gasteiger partial charge is 0.417 e. The predicted molar refractivity (Wildman–Crippen MR) is 531 cm³/mol. The van der Waals surface area contributed by atoms with E-state index in [9.17, 15) is 58.7 Å². The first-order valence-corrected chi connectivity index (χ1v) is 51.6. The number of thiophene rings is 2. The molecule has 6 unspecified atom stereocenters. The molecule has 0 spiro atoms. The number of nitrogens with zero attached hydrogens (tertiary/aromatic N) is 6. The molecule has 720 valence electrons. The van der Waals surface area contributed by atoms with Crippen molar-refractivity contribution in [2.24, 2.45) is 5.92 Å². The minimum atomic E-state index is -4.61. The number of piperidine rings is 7. The van der Waals surface area contributed by atoms with Gasteiger partial charge in [-0.2, -0.15) is 42.0 Å². The van der Waals surface area contributed by atoms with Crippen molar-refractivity contribution >= 4 is 125 Å². The lowest BCUT2D eigenvalue weighted by Crippen LogP contribution is -2.54. The minimum Gasteiger partial charge on any atom is -0.344 e. The van der Waals surface area contributed by atoms with Gasteiger partial charge in [-0.3, -0.25) is 28.9 Å². The van der Waals surface area contributed by atoms with Crippen molar-refractivity contribution in [3.63, 3.8) is 0 Å². The molecule has 5 N–H and O–H groups in total. The number of alkyl halides is 6. The standard InChI is InChI=1S/C24H30BrN3O3S.C22H22ClF3N2O.C20H22Cl2N2O.C19H20ClF3N2OS.C18H22N2OS/c1-27-15-7-6-10-21(27)23(17-8-4-3-5-9-17)26-24(29)18-11-14-22(20(25)16-18)32(30,31)28(2)19-12-13-19;23-19-16(7-4-8-17(19)22(24,25)26)21(29)27-20(15-5-2-1-3-6-15)18-13-14-9-11-28(18)12-10-14;1-24-13-6-5-12-17(24)19(14-8-3-2-4-9-14)23-20(25)15-10-7-11-16(21)18(15)22;1-25-9-3-2-7-15(25)17(12-8-10-27-11-12)24-18(26)13-5-4-6-14(16(13)20)19(21,22)23;1-20-12-6-5-10-15(20)17(14-8-3-2-4-9-14)19-18(21)16-11-7-13-22-16/h3-5,8-9,11,14,16,19,21,23H,6-7,10,12-13,15H2,1-2H3,(H,26,29);1-8,14,18,20H,9-13H2,(H,27,29);2-4,7-11,17,19H,5-6,12-13H2,1H3,(H,23,25);4-6,8,10-11,15,17H,2-3,7,9H2,1H3,(H,24,26);2-4,7-9,11,13,15,17H,5-6,10,12H2,1H3,(H,19,21)/t;18-,20-;17-,19-;;/m.00../s1. The van der Waals surface area contributed by atoms with Crippen LogP contribution in [-0.4, -0.2) is 178 Å². The lowest BCUT2D eigenvalue weighted by Gasteiger charge is -2.48. The molecule has 1 aliphatic carbocycles. The fourth-order valence-electron chi connectivity index (χ4n) is 19.2. The molecule has 8 aliphatic rings. The second-order valence-electron chi connectivity index (χ2n) is 35.7. The van der Waals surface area contributed by atoms with Gasteiger partial charge in [-0.1, -0.05) is 218 Å². The summed E-state index contributed by atoms with van der Waals surface area (Å²) in [5, 5.41) is 21.0. The van der Waals surface area contributed by atoms with Crippen LogP contribution in [0.25, 0.3) is 0 Å². The Hall–Kier alpha value is -8.56. The predicted octanol–water partition coefficient (Wildman–Crippen LogP) is 23.5. The van der Waals surface area contributed by atoms with Crippen LogP contribution in [0.5, 0.6) is 0 Å². The summed E-state index contributed by atoms with van der Waals surface area (Å²) in [6.07, 6.45) is 9.26. The first-order chi connectivity index (χ1) is 64.7. The third kappa shape index (κ3) is 27.1. The zero-order chi connectivity index (χ0) is 96.3. The molecule has 0 radical (unpaired) electrons. The number of carbonyl (C=O) groups excluding carboxylic acids is 5. The van der Waals surface area contributed by atoms with Gasteiger partial charge in [0.1, 0.15) is 0 Å². The molecule has 135 heavy (non-hydrogen) atoms. The van der Waals surface area contributed by atoms with Crippen LogP contribution in [0.2, 0.25) is 20.1 Å². The number of hydrogen-bond acceptors (Lipinski definition) is 14. The number of benzene rings is 8. The van der Waals surface area contributed by atoms with E-state index in [0.29, 0.717) is 37.6 Å². The molecular weight excluding hydrogens is 1940 g/mol. The van der Waals surface area contributed by atoms with Crippen LogP contribution < -0.4 is 26.6 Å². The number of sulfonamides is 1. The Bertz CT molecular complexity index is 5690. The summed E-state index contributed by atoms with van der Waals surface area (Å²) in [5.41, 5.74) is 3.79. The number of amides is 5. The number of rotatable bonds is 23. The van der Waals surface area contributed by atoms with Gasteiger partial charge in [-0.05, 0) is 283 Å². The maximum atomic E-state index is 13.2. The molecule has 7 aliphatic heterocycles. The Balaban J connectivity index is 0.000000144. The number of fused-ring (bicyclic) bond motifs is 3. The molecule has 32 heteroatoms. The van der Waals surface area contributed by atoms with Gasteiger partial charge in [-0.15, -0.1) is 11.3 Å². The minimum absolute atomic E-state index is 0.0304. The number of nitrogens with one attached hydrogen (secondary N) is 5. The second-order valence-corrected chi connectivity index (χ2v) is 41.8. The first-order valence-electron chi connectivity index (χ1n) is 46.0. The maximum absolute atomic E-state index is 13.2. The van der Waals surface area contributed by atoms with Gasteiger partial charge in [0.25, 0.3) is 29.5 Å². The van der Waals surface area contributed by atoms with Crippen LogP contribution >= 0.6 is 85.0 Å². The van der Waals surface area contributed by atoms with E-state index in [-0.39, 0.29) is 94.2 Å². The molecule has 18 rings (SSSR count). The summed E-state index contributed by atoms with van der Waals surface area (Å²) >= 11 is 30.6. The van der Waals surface area contributed by atoms with Crippen molar-refractivity contribution in [2.75, 3.05) is 74.5 Å². The number of hydrogen-bond donors (Lipinski definition) is 5. The average Bonchev–Trinajstić information content (AvgIpc) is 1.73. The summed E-state index contributed by atoms with van der Waals surface area (Å²) in [4.78, 5) is 77.0. The van der Waals surface area contributed by atoms with E-state index in [2.05, 4.69) is 112 Å². The molecule has 1 saturated carbocycles. The molecule has 8 aromatic carbocycles. The fraction of sp³-hybridized carbons (Fsp3) is 0.408. The van der Waals surface area contributed by atoms with Crippen LogP contribution in [0.4, 0.5) is 26.3 Å². The van der Waals surface area contributed by atoms with Crippen LogP contribution in [0.15, 0.2) is 238 Å². The van der Waals surface area contributed by atoms with E-state index in [4.69, 9.17) is 46.4 Å². The number of halogens is 11. The normalized spacial score (nSPS) is 21.1. The topological polar surface area (TPSA) is 199 Å². The van der Waals surface area contributed by atoms with Crippen molar-refractivity contribution in [1.82, 2.24) is 55.4 Å². The van der Waals surface area contributed by atoms with Crippen molar-refractivity contribution < 1.29 is 58.7 Å². The highest BCUT2D eigenvalue weighted by atomic mass is 79.9. The molecule has 2 aromatic heterocycles. The van der Waals surface area contributed by atoms with Crippen LogP contribution in [-0.2, 0) is 22.4 Å². The third-order valence-corrected chi connectivity index (χ3v) is 32.9. The summed E-state index contributed by atoms with van der Waals surface area (Å²) in [5.74, 6) is -0.926. The van der Waals surface area contributed by atoms with Gasteiger partial charge in [0.15, 0.2) is 0 Å². The van der Waals surface area contributed by atoms with Gasteiger partial charge in [0.2, 0.25) is 10.0 Å². The monoisotopic (exact) mass is 2050 g/mol. The van der Waals surface area contributed by atoms with E-state index in [1.165, 1.54) is 95.0 Å². The maximum Gasteiger partial charge on any atom is 0.417 e. The van der Waals surface area contributed by atoms with Crippen molar-refractivity contribution in [3.05, 3.63) is 319 Å². The van der Waals surface area contributed by atoms with E-state index in [1.807, 2.05) is 138 Å². The molecule has 10 atom stereocenters. The lowest BCUT2D eigenvalue weighted by molar-refractivity contribution is -0.138. The Labute approximate surface area is 824 Å². The van der Waals surface area contributed by atoms with Gasteiger partial charge < -0.3 is 46.2 Å². The van der Waals surface area contributed by atoms with E-state index in [1.54, 1.807) is 37.4 Å². The van der Waals surface area contributed by atoms with Gasteiger partial charge >= 0.3 is 12.4 Å². The van der Waals surface area contributed by atoms with Crippen molar-refractivity contribution in [3.8, 4) is 0 Å². The number of likely N-dealkylation sites (tertiary alicyclic amines) is 4. The summed E-state index contributed by atoms with van der Waals surface area (Å²) < 4.78 is 107. The molecule has 7 saturated heterocycles. The highest BCUT2D eigenvalue weighted by Gasteiger charge is 2.44. The molecule has 18 nitrogen and oxygen atoms in total. The first kappa shape index (κ1) is 104. The smallest absolute Gasteiger partial charge is 0.344 e. The van der Waals surface area contributed by atoms with Gasteiger partial charge in [-0.25, -0.2) is 8.42 Å². The quantitative estimate of drug-likeness (QED) is 0.0380. The molecule has 2 bridgehead atoms. The SMILES string of the molecule is CN1CCCCC1C(NC(=O)c1ccc(S(=O)(=O)N(C)C2CC2)c(Br)c1)c1ccccc1.CN1CCCCC1C(NC(=O)c1cccc(C(F)(F)F)c1Cl)c1ccsc1.CN1CCCCC1C(NC(=O)c1cccs1)c1ccccc1.CN1CCCC[C@H]1[C@@H](NC(=O)c1cccc(Cl)c1Cl)c1ccccc1.O=C(N[C@@H](c1ccccc1)[C@@H]1CC2CCN1CC2)c1cccc(C(F)(F)F)c1Cl. The van der Waals surface area contributed by atoms with Crippen LogP contribution in [0.1, 0.15) is 229 Å². The van der Waals surface area contributed by atoms with E-state index >= 15 is 0 Å². The highest BCUT2D eigenvalue weighted by Crippen LogP contribution is 2.44. The fourth-order valence-corrected chi connectivity index (χ4v) is 24.0. The zero-order valence-electron chi connectivity index (χ0n) is 76.1. The Kier molecular flexibility index (Phi) is 37.2. The Morgan fingerprint density at radius 1 is 0.407 bits per heavy atom. The number of likely N-dealkylation sites (N-methyl/N-ethyl adjacent to an activating group) is 4. The summed E-state index contributed by atoms with van der Waals surface area (Å²) in [6.45, 7) is 6.05. The Morgan fingerprint density at radius 2 is 0.785 bits per heavy atom. The van der Waals surface area contributed by atoms with Gasteiger partial charge in [0.05, 0.1) is 87.9 Å². The lowest BCUT2D eigenvalue weighted by atomic mass is 9.79. The molecule has 8 fully saturated rings. The zero-order valence-corrected chi connectivity index (χ0v) is 83.1. The summed E-state index contributed by atoms with van der Waals surface area (Å²) in [6, 6.07) is 62.9. The Morgan fingerprint density at radius 3 is 1.13 bits per heavy atom. The van der Waals surface area contributed by atoms with Crippen LogP contribution in [0.3, 0.4) is 0 Å². The highest BCUT2D eigenvalue weighted by molar-refractivity contribution is 9.10.